The Morgan fingerprint density at radius 2 is 0.786 bits per heavy atom. The minimum atomic E-state index is -0.582. The van der Waals surface area contributed by atoms with Gasteiger partial charge in [-0.3, -0.25) is 0 Å². The van der Waals surface area contributed by atoms with E-state index >= 15 is 0 Å². The smallest absolute Gasteiger partial charge is 0.346 e. The molecule has 10 rings (SSSR count). The number of hydrogen-bond donors (Lipinski definition) is 0. The first-order chi connectivity index (χ1) is 20.6. The van der Waals surface area contributed by atoms with Crippen LogP contribution in [0.15, 0.2) is 103 Å². The summed E-state index contributed by atoms with van der Waals surface area (Å²) in [6.07, 6.45) is 0. The Kier molecular flexibility index (Phi) is 3.91. The Labute approximate surface area is 239 Å². The van der Waals surface area contributed by atoms with E-state index in [0.29, 0.717) is 16.5 Å². The molecule has 0 fully saturated rings. The molecule has 0 saturated heterocycles. The molecule has 1 aliphatic heterocycles. The quantitative estimate of drug-likeness (QED) is 0.0907. The summed E-state index contributed by atoms with van der Waals surface area (Å²) in [4.78, 5) is 25.4. The van der Waals surface area contributed by atoms with Gasteiger partial charge in [0.2, 0.25) is 0 Å². The Balaban J connectivity index is 1.40. The SMILES string of the molecule is Cc1ccc(-c2ccc3c4ccc5c6ccc7c8c(ccc(c9ccc(c%10cccc2c%103)c4c95)c86)C(=O)OC7=O)cc1. The zero-order valence-electron chi connectivity index (χ0n) is 22.5. The van der Waals surface area contributed by atoms with Crippen LogP contribution in [0.4, 0.5) is 0 Å². The van der Waals surface area contributed by atoms with Crippen molar-refractivity contribution in [1.82, 2.24) is 0 Å². The molecular weight excluding hydrogens is 516 g/mol. The number of carbonyl (C=O) groups excluding carboxylic acids is 2. The highest BCUT2D eigenvalue weighted by molar-refractivity contribution is 6.44. The number of rotatable bonds is 1. The average Bonchev–Trinajstić information content (AvgIpc) is 3.02. The molecular formula is C39H20O3. The minimum absolute atomic E-state index is 0.448. The van der Waals surface area contributed by atoms with E-state index in [1.165, 1.54) is 59.8 Å². The third-order valence-electron chi connectivity index (χ3n) is 9.51. The average molecular weight is 537 g/mol. The van der Waals surface area contributed by atoms with Crippen LogP contribution in [-0.2, 0) is 4.74 Å². The van der Waals surface area contributed by atoms with Crippen molar-refractivity contribution in [2.24, 2.45) is 0 Å². The van der Waals surface area contributed by atoms with E-state index in [1.807, 2.05) is 24.3 Å². The van der Waals surface area contributed by atoms with Crippen LogP contribution in [-0.4, -0.2) is 11.9 Å². The van der Waals surface area contributed by atoms with Crippen LogP contribution >= 0.6 is 0 Å². The van der Waals surface area contributed by atoms with E-state index in [0.717, 1.165) is 26.9 Å². The predicted octanol–water partition coefficient (Wildman–Crippen LogP) is 9.92. The highest BCUT2D eigenvalue weighted by Gasteiger charge is 2.30. The Bertz CT molecular complexity index is 2560. The second kappa shape index (κ2) is 7.39. The lowest BCUT2D eigenvalue weighted by Gasteiger charge is -2.22. The fourth-order valence-electron chi connectivity index (χ4n) is 7.71. The molecule has 0 amide bonds. The molecule has 0 N–H and O–H groups in total. The van der Waals surface area contributed by atoms with E-state index in [4.69, 9.17) is 4.74 Å². The number of hydrogen-bond acceptors (Lipinski definition) is 3. The van der Waals surface area contributed by atoms with Gasteiger partial charge in [-0.2, -0.15) is 0 Å². The molecule has 0 aromatic heterocycles. The lowest BCUT2D eigenvalue weighted by Crippen LogP contribution is -2.19. The molecule has 9 aromatic carbocycles. The van der Waals surface area contributed by atoms with Crippen molar-refractivity contribution >= 4 is 87.3 Å². The van der Waals surface area contributed by atoms with Gasteiger partial charge >= 0.3 is 11.9 Å². The molecule has 42 heavy (non-hydrogen) atoms. The van der Waals surface area contributed by atoms with Crippen LogP contribution in [0.5, 0.6) is 0 Å². The first-order valence-electron chi connectivity index (χ1n) is 14.2. The van der Waals surface area contributed by atoms with Crippen LogP contribution < -0.4 is 0 Å². The van der Waals surface area contributed by atoms with Gasteiger partial charge in [-0.05, 0) is 100 Å². The third kappa shape index (κ3) is 2.53. The third-order valence-corrected chi connectivity index (χ3v) is 9.51. The molecule has 0 unspecified atom stereocenters. The van der Waals surface area contributed by atoms with Crippen molar-refractivity contribution in [3.8, 4) is 11.1 Å². The number of benzene rings is 9. The maximum atomic E-state index is 12.7. The van der Waals surface area contributed by atoms with E-state index in [-0.39, 0.29) is 0 Å². The van der Waals surface area contributed by atoms with Gasteiger partial charge in [0.25, 0.3) is 0 Å². The Morgan fingerprint density at radius 3 is 1.33 bits per heavy atom. The normalized spacial score (nSPS) is 13.6. The summed E-state index contributed by atoms with van der Waals surface area (Å²) in [5.41, 5.74) is 4.61. The maximum Gasteiger partial charge on any atom is 0.346 e. The molecule has 194 valence electrons. The van der Waals surface area contributed by atoms with Gasteiger partial charge in [0.1, 0.15) is 0 Å². The highest BCUT2D eigenvalue weighted by Crippen LogP contribution is 2.49. The largest absolute Gasteiger partial charge is 0.386 e. The second-order valence-corrected chi connectivity index (χ2v) is 11.6. The molecule has 0 spiro atoms. The summed E-state index contributed by atoms with van der Waals surface area (Å²) in [5.74, 6) is -1.16. The first kappa shape index (κ1) is 22.2. The Hall–Kier alpha value is -5.54. The van der Waals surface area contributed by atoms with Crippen molar-refractivity contribution in [2.75, 3.05) is 0 Å². The van der Waals surface area contributed by atoms with Gasteiger partial charge in [0, 0.05) is 5.39 Å². The molecule has 1 heterocycles. The molecule has 0 aliphatic carbocycles. The minimum Gasteiger partial charge on any atom is -0.386 e. The standard InChI is InChI=1S/C39H20O3/c1-19-5-7-20(8-6-19)21-9-10-24-26-12-14-28-30-16-18-32-37-31(38(40)42-39(32)41)17-15-29(36(30)37)27-13-11-25(34(26)35(27)28)23-4-2-3-22(21)33(23)24/h2-18H,1H3. The molecule has 0 bridgehead atoms. The van der Waals surface area contributed by atoms with E-state index in [1.54, 1.807) is 0 Å². The lowest BCUT2D eigenvalue weighted by molar-refractivity contribution is 0.0391. The summed E-state index contributed by atoms with van der Waals surface area (Å²) >= 11 is 0. The molecule has 0 saturated carbocycles. The highest BCUT2D eigenvalue weighted by atomic mass is 16.6. The van der Waals surface area contributed by atoms with Gasteiger partial charge < -0.3 is 4.74 Å². The number of esters is 2. The van der Waals surface area contributed by atoms with E-state index in [9.17, 15) is 9.59 Å². The number of cyclic esters (lactones) is 2. The van der Waals surface area contributed by atoms with Gasteiger partial charge in [-0.15, -0.1) is 0 Å². The second-order valence-electron chi connectivity index (χ2n) is 11.6. The zero-order valence-corrected chi connectivity index (χ0v) is 22.5. The van der Waals surface area contributed by atoms with Crippen LogP contribution in [0.1, 0.15) is 26.3 Å². The zero-order chi connectivity index (χ0) is 27.9. The van der Waals surface area contributed by atoms with Crippen molar-refractivity contribution in [3.05, 3.63) is 120 Å². The van der Waals surface area contributed by atoms with Crippen molar-refractivity contribution in [3.63, 3.8) is 0 Å². The molecule has 9 aromatic rings. The summed E-state index contributed by atoms with van der Waals surface area (Å²) in [7, 11) is 0. The number of fused-ring (bicyclic) bond motifs is 4. The number of ether oxygens (including phenoxy) is 1. The molecule has 3 nitrogen and oxygen atoms in total. The van der Waals surface area contributed by atoms with Crippen molar-refractivity contribution in [1.29, 1.82) is 0 Å². The topological polar surface area (TPSA) is 43.4 Å². The van der Waals surface area contributed by atoms with Gasteiger partial charge in [0.15, 0.2) is 0 Å². The van der Waals surface area contributed by atoms with Crippen LogP contribution in [0.3, 0.4) is 0 Å². The van der Waals surface area contributed by atoms with Crippen LogP contribution in [0.25, 0.3) is 86.5 Å². The van der Waals surface area contributed by atoms with Crippen molar-refractivity contribution in [2.45, 2.75) is 6.92 Å². The fourth-order valence-corrected chi connectivity index (χ4v) is 7.71. The number of carbonyl (C=O) groups is 2. The van der Waals surface area contributed by atoms with E-state index in [2.05, 4.69) is 85.8 Å². The van der Waals surface area contributed by atoms with Crippen LogP contribution in [0.2, 0.25) is 0 Å². The summed E-state index contributed by atoms with van der Waals surface area (Å²) in [5, 5.41) is 16.0. The van der Waals surface area contributed by atoms with Gasteiger partial charge in [0.05, 0.1) is 11.1 Å². The van der Waals surface area contributed by atoms with Crippen molar-refractivity contribution < 1.29 is 14.3 Å². The van der Waals surface area contributed by atoms with Crippen LogP contribution in [0, 0.1) is 6.92 Å². The maximum absolute atomic E-state index is 12.7. The molecule has 0 atom stereocenters. The monoisotopic (exact) mass is 536 g/mol. The fraction of sp³-hybridized carbons (Fsp3) is 0.0256. The predicted molar refractivity (Wildman–Crippen MR) is 171 cm³/mol. The summed E-state index contributed by atoms with van der Waals surface area (Å²) in [6.45, 7) is 2.12. The van der Waals surface area contributed by atoms with E-state index < -0.39 is 11.9 Å². The molecule has 0 radical (unpaired) electrons. The lowest BCUT2D eigenvalue weighted by atomic mass is 9.82. The molecule has 1 aliphatic rings. The summed E-state index contributed by atoms with van der Waals surface area (Å²) in [6, 6.07) is 36.6. The Morgan fingerprint density at radius 1 is 0.381 bits per heavy atom. The summed E-state index contributed by atoms with van der Waals surface area (Å²) < 4.78 is 5.04. The first-order valence-corrected chi connectivity index (χ1v) is 14.2. The number of aryl methyl sites for hydroxylation is 1. The van der Waals surface area contributed by atoms with Gasteiger partial charge in [-0.25, -0.2) is 9.59 Å². The van der Waals surface area contributed by atoms with Gasteiger partial charge in [-0.1, -0.05) is 96.6 Å². The molecule has 3 heteroatoms.